The number of carbonyl (C=O) groups excluding carboxylic acids is 2. The van der Waals surface area contributed by atoms with Crippen molar-refractivity contribution in [3.8, 4) is 11.5 Å². The molecule has 1 amide bonds. The van der Waals surface area contributed by atoms with Crippen molar-refractivity contribution in [1.29, 1.82) is 0 Å². The van der Waals surface area contributed by atoms with Gasteiger partial charge in [-0.2, -0.15) is 0 Å². The Bertz CT molecular complexity index is 866. The van der Waals surface area contributed by atoms with E-state index in [-0.39, 0.29) is 17.6 Å². The predicted molar refractivity (Wildman–Crippen MR) is 117 cm³/mol. The SMILES string of the molecule is COc1cc(C(=O)OCC(=O)Nc2ccc(C(C)(C)C)cc2)ccc1OCC(C)C. The van der Waals surface area contributed by atoms with Gasteiger partial charge in [-0.05, 0) is 47.2 Å². The molecule has 6 nitrogen and oxygen atoms in total. The van der Waals surface area contributed by atoms with Crippen LogP contribution in [0.3, 0.4) is 0 Å². The first-order valence-corrected chi connectivity index (χ1v) is 9.98. The van der Waals surface area contributed by atoms with Gasteiger partial charge < -0.3 is 19.5 Å². The molecule has 6 heteroatoms. The van der Waals surface area contributed by atoms with Crippen LogP contribution in [-0.4, -0.2) is 32.2 Å². The number of ether oxygens (including phenoxy) is 3. The Kier molecular flexibility index (Phi) is 7.86. The Hall–Kier alpha value is -3.02. The quantitative estimate of drug-likeness (QED) is 0.628. The topological polar surface area (TPSA) is 73.9 Å². The van der Waals surface area contributed by atoms with Crippen LogP contribution < -0.4 is 14.8 Å². The Morgan fingerprint density at radius 1 is 1.00 bits per heavy atom. The Morgan fingerprint density at radius 2 is 1.67 bits per heavy atom. The van der Waals surface area contributed by atoms with Crippen LogP contribution in [-0.2, 0) is 14.9 Å². The predicted octanol–water partition coefficient (Wildman–Crippen LogP) is 4.82. The smallest absolute Gasteiger partial charge is 0.338 e. The molecule has 0 aliphatic carbocycles. The number of rotatable bonds is 8. The summed E-state index contributed by atoms with van der Waals surface area (Å²) in [7, 11) is 1.51. The first kappa shape index (κ1) is 23.3. The third-order valence-electron chi connectivity index (χ3n) is 4.34. The van der Waals surface area contributed by atoms with E-state index >= 15 is 0 Å². The summed E-state index contributed by atoms with van der Waals surface area (Å²) in [5.41, 5.74) is 2.14. The molecule has 2 rings (SSSR count). The van der Waals surface area contributed by atoms with Gasteiger partial charge >= 0.3 is 5.97 Å². The molecule has 0 atom stereocenters. The lowest BCUT2D eigenvalue weighted by Crippen LogP contribution is -2.21. The Morgan fingerprint density at radius 3 is 2.23 bits per heavy atom. The molecule has 0 heterocycles. The summed E-state index contributed by atoms with van der Waals surface area (Å²) in [6.07, 6.45) is 0. The zero-order valence-corrected chi connectivity index (χ0v) is 18.6. The van der Waals surface area contributed by atoms with Gasteiger partial charge in [-0.3, -0.25) is 4.79 Å². The normalized spacial score (nSPS) is 11.2. The Labute approximate surface area is 178 Å². The number of hydrogen-bond donors (Lipinski definition) is 1. The zero-order chi connectivity index (χ0) is 22.3. The third kappa shape index (κ3) is 6.79. The third-order valence-corrected chi connectivity index (χ3v) is 4.34. The highest BCUT2D eigenvalue weighted by atomic mass is 16.5. The van der Waals surface area contributed by atoms with Crippen molar-refractivity contribution < 1.29 is 23.8 Å². The maximum Gasteiger partial charge on any atom is 0.338 e. The van der Waals surface area contributed by atoms with Crippen molar-refractivity contribution in [2.24, 2.45) is 5.92 Å². The van der Waals surface area contributed by atoms with Crippen molar-refractivity contribution in [1.82, 2.24) is 0 Å². The first-order chi connectivity index (χ1) is 14.1. The summed E-state index contributed by atoms with van der Waals surface area (Å²) in [5, 5.41) is 2.73. The van der Waals surface area contributed by atoms with Gasteiger partial charge in [-0.15, -0.1) is 0 Å². The average Bonchev–Trinajstić information content (AvgIpc) is 2.70. The maximum absolute atomic E-state index is 12.3. The molecule has 2 aromatic rings. The molecule has 0 aliphatic rings. The van der Waals surface area contributed by atoms with Crippen LogP contribution in [0.15, 0.2) is 42.5 Å². The standard InChI is InChI=1S/C24H31NO5/c1-16(2)14-29-20-12-7-17(13-21(20)28-6)23(27)30-15-22(26)25-19-10-8-18(9-11-19)24(3,4)5/h7-13,16H,14-15H2,1-6H3,(H,25,26). The highest BCUT2D eigenvalue weighted by Gasteiger charge is 2.16. The van der Waals surface area contributed by atoms with E-state index in [1.807, 2.05) is 38.1 Å². The van der Waals surface area contributed by atoms with Gasteiger partial charge in [0.2, 0.25) is 0 Å². The summed E-state index contributed by atoms with van der Waals surface area (Å²) < 4.78 is 16.1. The lowest BCUT2D eigenvalue weighted by atomic mass is 9.87. The van der Waals surface area contributed by atoms with Crippen LogP contribution in [0.4, 0.5) is 5.69 Å². The highest BCUT2D eigenvalue weighted by Crippen LogP contribution is 2.29. The van der Waals surface area contributed by atoms with E-state index in [1.165, 1.54) is 12.7 Å². The monoisotopic (exact) mass is 413 g/mol. The van der Waals surface area contributed by atoms with Crippen LogP contribution in [0.5, 0.6) is 11.5 Å². The fraction of sp³-hybridized carbons (Fsp3) is 0.417. The molecule has 0 saturated carbocycles. The van der Waals surface area contributed by atoms with Gasteiger partial charge in [0.05, 0.1) is 19.3 Å². The number of carbonyl (C=O) groups is 2. The van der Waals surface area contributed by atoms with Crippen molar-refractivity contribution in [3.63, 3.8) is 0 Å². The number of methoxy groups -OCH3 is 1. The van der Waals surface area contributed by atoms with E-state index in [2.05, 4.69) is 26.1 Å². The number of hydrogen-bond acceptors (Lipinski definition) is 5. The average molecular weight is 414 g/mol. The molecule has 1 N–H and O–H groups in total. The van der Waals surface area contributed by atoms with E-state index in [4.69, 9.17) is 14.2 Å². The van der Waals surface area contributed by atoms with Crippen LogP contribution in [0.1, 0.15) is 50.5 Å². The second-order valence-corrected chi connectivity index (χ2v) is 8.52. The molecule has 0 unspecified atom stereocenters. The molecular formula is C24H31NO5. The molecule has 0 fully saturated rings. The molecule has 0 aliphatic heterocycles. The van der Waals surface area contributed by atoms with Crippen LogP contribution >= 0.6 is 0 Å². The molecule has 162 valence electrons. The minimum atomic E-state index is -0.609. The van der Waals surface area contributed by atoms with Gasteiger partial charge in [0.15, 0.2) is 18.1 Å². The molecule has 0 saturated heterocycles. The maximum atomic E-state index is 12.3. The van der Waals surface area contributed by atoms with Crippen molar-refractivity contribution in [3.05, 3.63) is 53.6 Å². The molecule has 0 radical (unpaired) electrons. The summed E-state index contributed by atoms with van der Waals surface area (Å²) in [5.74, 6) is 0.341. The van der Waals surface area contributed by atoms with Gasteiger partial charge in [-0.1, -0.05) is 46.8 Å². The summed E-state index contributed by atoms with van der Waals surface area (Å²) >= 11 is 0. The van der Waals surface area contributed by atoms with Gasteiger partial charge in [0.25, 0.3) is 5.91 Å². The van der Waals surface area contributed by atoms with Crippen LogP contribution in [0.2, 0.25) is 0 Å². The van der Waals surface area contributed by atoms with E-state index in [1.54, 1.807) is 18.2 Å². The number of anilines is 1. The van der Waals surface area contributed by atoms with E-state index in [0.29, 0.717) is 29.7 Å². The van der Waals surface area contributed by atoms with Crippen molar-refractivity contribution in [2.75, 3.05) is 25.6 Å². The zero-order valence-electron chi connectivity index (χ0n) is 18.6. The van der Waals surface area contributed by atoms with Gasteiger partial charge in [0.1, 0.15) is 0 Å². The van der Waals surface area contributed by atoms with Crippen molar-refractivity contribution >= 4 is 17.6 Å². The first-order valence-electron chi connectivity index (χ1n) is 9.98. The number of esters is 1. The minimum absolute atomic E-state index is 0.0362. The fourth-order valence-corrected chi connectivity index (χ4v) is 2.64. The molecular weight excluding hydrogens is 382 g/mol. The largest absolute Gasteiger partial charge is 0.493 e. The minimum Gasteiger partial charge on any atom is -0.493 e. The second-order valence-electron chi connectivity index (χ2n) is 8.52. The molecule has 0 bridgehead atoms. The summed E-state index contributed by atoms with van der Waals surface area (Å²) in [4.78, 5) is 24.4. The molecule has 0 aromatic heterocycles. The lowest BCUT2D eigenvalue weighted by Gasteiger charge is -2.19. The fourth-order valence-electron chi connectivity index (χ4n) is 2.64. The summed E-state index contributed by atoms with van der Waals surface area (Å²) in [6.45, 7) is 10.6. The van der Waals surface area contributed by atoms with Crippen molar-refractivity contribution in [2.45, 2.75) is 40.0 Å². The molecule has 2 aromatic carbocycles. The number of benzene rings is 2. The molecule has 0 spiro atoms. The lowest BCUT2D eigenvalue weighted by molar-refractivity contribution is -0.119. The highest BCUT2D eigenvalue weighted by molar-refractivity contribution is 5.95. The summed E-state index contributed by atoms with van der Waals surface area (Å²) in [6, 6.07) is 12.4. The second kappa shape index (κ2) is 10.1. The van der Waals surface area contributed by atoms with E-state index in [0.717, 1.165) is 0 Å². The van der Waals surface area contributed by atoms with Gasteiger partial charge in [0, 0.05) is 5.69 Å². The van der Waals surface area contributed by atoms with Gasteiger partial charge in [-0.25, -0.2) is 4.79 Å². The Balaban J connectivity index is 1.92. The van der Waals surface area contributed by atoms with Crippen LogP contribution in [0.25, 0.3) is 0 Å². The molecule has 30 heavy (non-hydrogen) atoms. The number of amides is 1. The van der Waals surface area contributed by atoms with E-state index in [9.17, 15) is 9.59 Å². The van der Waals surface area contributed by atoms with E-state index < -0.39 is 11.9 Å². The number of nitrogens with one attached hydrogen (secondary N) is 1. The van der Waals surface area contributed by atoms with Crippen LogP contribution in [0, 0.1) is 5.92 Å².